The van der Waals surface area contributed by atoms with Crippen LogP contribution < -0.4 is 9.47 Å². The third-order valence-corrected chi connectivity index (χ3v) is 3.76. The van der Waals surface area contributed by atoms with Crippen LogP contribution in [0.2, 0.25) is 0 Å². The molecule has 0 fully saturated rings. The molecule has 0 bridgehead atoms. The predicted octanol–water partition coefficient (Wildman–Crippen LogP) is 3.51. The largest absolute Gasteiger partial charge is 0.493 e. The summed E-state index contributed by atoms with van der Waals surface area (Å²) in [5.74, 6) is 1.15. The van der Waals surface area contributed by atoms with Gasteiger partial charge < -0.3 is 14.2 Å². The Morgan fingerprint density at radius 3 is 2.38 bits per heavy atom. The molecule has 2 aromatic carbocycles. The molecule has 0 N–H and O–H groups in total. The van der Waals surface area contributed by atoms with Gasteiger partial charge in [0, 0.05) is 0 Å². The van der Waals surface area contributed by atoms with E-state index in [1.807, 2.05) is 12.1 Å². The highest BCUT2D eigenvalue weighted by atomic mass is 19.1. The molecule has 0 unspecified atom stereocenters. The highest BCUT2D eigenvalue weighted by Gasteiger charge is 2.25. The Kier molecular flexibility index (Phi) is 3.80. The summed E-state index contributed by atoms with van der Waals surface area (Å²) in [4.78, 5) is 0. The van der Waals surface area contributed by atoms with Crippen molar-refractivity contribution in [1.82, 2.24) is 0 Å². The zero-order valence-electron chi connectivity index (χ0n) is 12.1. The quantitative estimate of drug-likeness (QED) is 0.865. The summed E-state index contributed by atoms with van der Waals surface area (Å²) in [6.45, 7) is 0.629. The van der Waals surface area contributed by atoms with Crippen LogP contribution in [0.1, 0.15) is 22.8 Å². The Morgan fingerprint density at radius 1 is 1.05 bits per heavy atom. The van der Waals surface area contributed by atoms with E-state index in [0.29, 0.717) is 12.4 Å². The van der Waals surface area contributed by atoms with Crippen molar-refractivity contribution in [3.63, 3.8) is 0 Å². The van der Waals surface area contributed by atoms with Crippen molar-refractivity contribution in [2.75, 3.05) is 20.8 Å². The minimum Gasteiger partial charge on any atom is -0.493 e. The second kappa shape index (κ2) is 5.74. The second-order valence-corrected chi connectivity index (χ2v) is 4.96. The minimum absolute atomic E-state index is 0.200. The first kappa shape index (κ1) is 13.9. The highest BCUT2D eigenvalue weighted by molar-refractivity contribution is 5.50. The maximum absolute atomic E-state index is 13.1. The summed E-state index contributed by atoms with van der Waals surface area (Å²) in [5, 5.41) is 0. The van der Waals surface area contributed by atoms with Crippen molar-refractivity contribution in [2.45, 2.75) is 12.5 Å². The van der Waals surface area contributed by atoms with Crippen LogP contribution >= 0.6 is 0 Å². The van der Waals surface area contributed by atoms with E-state index in [1.54, 1.807) is 26.4 Å². The molecule has 0 spiro atoms. The smallest absolute Gasteiger partial charge is 0.161 e. The molecule has 4 heteroatoms. The number of benzene rings is 2. The number of fused-ring (bicyclic) bond motifs is 1. The third-order valence-electron chi connectivity index (χ3n) is 3.76. The summed E-state index contributed by atoms with van der Waals surface area (Å²) in [7, 11) is 3.24. The van der Waals surface area contributed by atoms with Crippen LogP contribution in [0.4, 0.5) is 4.39 Å². The molecule has 3 rings (SSSR count). The molecule has 0 saturated carbocycles. The third kappa shape index (κ3) is 2.59. The monoisotopic (exact) mass is 288 g/mol. The van der Waals surface area contributed by atoms with Gasteiger partial charge in [-0.3, -0.25) is 0 Å². The van der Waals surface area contributed by atoms with Crippen LogP contribution in [-0.2, 0) is 11.2 Å². The molecule has 0 aromatic heterocycles. The Labute approximate surface area is 123 Å². The number of ether oxygens (including phenoxy) is 3. The van der Waals surface area contributed by atoms with Gasteiger partial charge in [0.1, 0.15) is 11.9 Å². The van der Waals surface area contributed by atoms with Crippen LogP contribution in [0.5, 0.6) is 11.5 Å². The molecule has 0 amide bonds. The maximum Gasteiger partial charge on any atom is 0.161 e. The fraction of sp³-hybridized carbons (Fsp3) is 0.294. The van der Waals surface area contributed by atoms with E-state index in [-0.39, 0.29) is 11.9 Å². The first-order valence-corrected chi connectivity index (χ1v) is 6.85. The van der Waals surface area contributed by atoms with Gasteiger partial charge >= 0.3 is 0 Å². The second-order valence-electron chi connectivity index (χ2n) is 4.96. The maximum atomic E-state index is 13.1. The average molecular weight is 288 g/mol. The Morgan fingerprint density at radius 2 is 1.71 bits per heavy atom. The first-order valence-electron chi connectivity index (χ1n) is 6.85. The zero-order valence-corrected chi connectivity index (χ0v) is 12.1. The molecule has 2 aromatic rings. The Bertz CT molecular complexity index is 637. The highest BCUT2D eigenvalue weighted by Crippen LogP contribution is 2.39. The number of halogens is 1. The number of hydrogen-bond acceptors (Lipinski definition) is 3. The lowest BCUT2D eigenvalue weighted by Crippen LogP contribution is -2.17. The molecule has 0 saturated heterocycles. The Balaban J connectivity index is 2.06. The van der Waals surface area contributed by atoms with Crippen LogP contribution in [0.15, 0.2) is 36.4 Å². The molecule has 3 nitrogen and oxygen atoms in total. The minimum atomic E-state index is -0.248. The van der Waals surface area contributed by atoms with Gasteiger partial charge in [0.2, 0.25) is 0 Å². The normalized spacial score (nSPS) is 17.2. The van der Waals surface area contributed by atoms with E-state index in [0.717, 1.165) is 23.3 Å². The van der Waals surface area contributed by atoms with Gasteiger partial charge in [0.25, 0.3) is 0 Å². The van der Waals surface area contributed by atoms with E-state index in [4.69, 9.17) is 14.2 Å². The summed E-state index contributed by atoms with van der Waals surface area (Å²) in [6, 6.07) is 10.4. The van der Waals surface area contributed by atoms with Crippen molar-refractivity contribution in [1.29, 1.82) is 0 Å². The van der Waals surface area contributed by atoms with Crippen molar-refractivity contribution in [3.8, 4) is 11.5 Å². The van der Waals surface area contributed by atoms with E-state index >= 15 is 0 Å². The number of hydrogen-bond donors (Lipinski definition) is 0. The summed E-state index contributed by atoms with van der Waals surface area (Å²) >= 11 is 0. The average Bonchev–Trinajstić information content (AvgIpc) is 2.53. The van der Waals surface area contributed by atoms with Gasteiger partial charge in [-0.15, -0.1) is 0 Å². The van der Waals surface area contributed by atoms with Crippen molar-refractivity contribution < 1.29 is 18.6 Å². The molecule has 1 aliphatic heterocycles. The van der Waals surface area contributed by atoms with Gasteiger partial charge in [-0.1, -0.05) is 12.1 Å². The van der Waals surface area contributed by atoms with E-state index in [1.165, 1.54) is 17.7 Å². The molecule has 1 aliphatic rings. The Hall–Kier alpha value is -2.07. The van der Waals surface area contributed by atoms with Crippen LogP contribution in [0, 0.1) is 5.82 Å². The first-order chi connectivity index (χ1) is 10.2. The fourth-order valence-electron chi connectivity index (χ4n) is 2.69. The molecule has 1 heterocycles. The fourth-order valence-corrected chi connectivity index (χ4v) is 2.69. The van der Waals surface area contributed by atoms with Gasteiger partial charge in [0.05, 0.1) is 20.8 Å². The molecule has 21 heavy (non-hydrogen) atoms. The molecular formula is C17H17FO3. The van der Waals surface area contributed by atoms with E-state index < -0.39 is 0 Å². The number of methoxy groups -OCH3 is 2. The topological polar surface area (TPSA) is 27.7 Å². The zero-order chi connectivity index (χ0) is 14.8. The lowest BCUT2D eigenvalue weighted by molar-refractivity contribution is 0.0694. The molecule has 0 aliphatic carbocycles. The lowest BCUT2D eigenvalue weighted by Gasteiger charge is -2.27. The van der Waals surface area contributed by atoms with Crippen molar-refractivity contribution >= 4 is 0 Å². The van der Waals surface area contributed by atoms with Crippen LogP contribution in [0.3, 0.4) is 0 Å². The number of rotatable bonds is 3. The molecule has 0 radical (unpaired) electrons. The molecular weight excluding hydrogens is 271 g/mol. The predicted molar refractivity (Wildman–Crippen MR) is 77.4 cm³/mol. The molecule has 1 atom stereocenters. The lowest BCUT2D eigenvalue weighted by atomic mass is 9.92. The van der Waals surface area contributed by atoms with Crippen LogP contribution in [0.25, 0.3) is 0 Å². The van der Waals surface area contributed by atoms with Gasteiger partial charge in [-0.05, 0) is 47.4 Å². The van der Waals surface area contributed by atoms with Crippen molar-refractivity contribution in [3.05, 3.63) is 58.9 Å². The van der Waals surface area contributed by atoms with Gasteiger partial charge in [-0.25, -0.2) is 4.39 Å². The van der Waals surface area contributed by atoms with Gasteiger partial charge in [0.15, 0.2) is 11.5 Å². The SMILES string of the molecule is COc1cc2c(cc1OC)[C@@H](c1ccc(F)cc1)OCC2. The van der Waals surface area contributed by atoms with Crippen LogP contribution in [-0.4, -0.2) is 20.8 Å². The van der Waals surface area contributed by atoms with E-state index in [9.17, 15) is 4.39 Å². The van der Waals surface area contributed by atoms with Crippen molar-refractivity contribution in [2.24, 2.45) is 0 Å². The van der Waals surface area contributed by atoms with Gasteiger partial charge in [-0.2, -0.15) is 0 Å². The summed E-state index contributed by atoms with van der Waals surface area (Å²) < 4.78 is 29.7. The van der Waals surface area contributed by atoms with E-state index in [2.05, 4.69) is 0 Å². The molecule has 110 valence electrons. The standard InChI is InChI=1S/C17H17FO3/c1-19-15-9-12-7-8-21-17(14(12)10-16(15)20-2)11-3-5-13(18)6-4-11/h3-6,9-10,17H,7-8H2,1-2H3/t17-/m1/s1. The summed E-state index contributed by atoms with van der Waals surface area (Å²) in [5.41, 5.74) is 3.16. The summed E-state index contributed by atoms with van der Waals surface area (Å²) in [6.07, 6.45) is 0.627.